The number of rotatable bonds is 2. The van der Waals surface area contributed by atoms with Gasteiger partial charge in [-0.15, -0.1) is 0 Å². The molecule has 15 heavy (non-hydrogen) atoms. The lowest BCUT2D eigenvalue weighted by molar-refractivity contribution is 0.173. The van der Waals surface area contributed by atoms with Crippen LogP contribution in [0.1, 0.15) is 11.1 Å². The maximum absolute atomic E-state index is 10.1. The topological polar surface area (TPSA) is 47.9 Å². The lowest BCUT2D eigenvalue weighted by Gasteiger charge is -2.08. The molecule has 2 rings (SSSR count). The van der Waals surface area contributed by atoms with E-state index in [1.54, 1.807) is 0 Å². The molecule has 1 heterocycles. The van der Waals surface area contributed by atoms with Crippen LogP contribution >= 0.6 is 15.9 Å². The van der Waals surface area contributed by atoms with Crippen LogP contribution < -0.4 is 9.47 Å². The SMILES string of the molecule is Cc1c(Br)cc2c(c1CN=C=O)OCO2. The molecule has 1 aromatic rings. The van der Waals surface area contributed by atoms with Crippen molar-refractivity contribution in [1.29, 1.82) is 0 Å². The summed E-state index contributed by atoms with van der Waals surface area (Å²) < 4.78 is 11.5. The van der Waals surface area contributed by atoms with Crippen molar-refractivity contribution in [2.45, 2.75) is 13.5 Å². The molecule has 5 heteroatoms. The van der Waals surface area contributed by atoms with E-state index in [0.29, 0.717) is 11.5 Å². The molecule has 0 unspecified atom stereocenters. The minimum absolute atomic E-state index is 0.211. The number of hydrogen-bond acceptors (Lipinski definition) is 4. The number of carbonyl (C=O) groups excluding carboxylic acids is 1. The molecular weight excluding hydrogens is 262 g/mol. The average molecular weight is 270 g/mol. The molecule has 4 nitrogen and oxygen atoms in total. The lowest BCUT2D eigenvalue weighted by Crippen LogP contribution is -1.95. The highest BCUT2D eigenvalue weighted by Crippen LogP contribution is 2.41. The van der Waals surface area contributed by atoms with Crippen LogP contribution in [0.5, 0.6) is 11.5 Å². The molecule has 0 amide bonds. The van der Waals surface area contributed by atoms with Crippen LogP contribution in [0, 0.1) is 6.92 Å². The van der Waals surface area contributed by atoms with Crippen LogP contribution in [0.2, 0.25) is 0 Å². The molecule has 0 radical (unpaired) electrons. The van der Waals surface area contributed by atoms with Crippen LogP contribution in [0.3, 0.4) is 0 Å². The fourth-order valence-electron chi connectivity index (χ4n) is 1.47. The van der Waals surface area contributed by atoms with Crippen molar-refractivity contribution in [3.63, 3.8) is 0 Å². The number of aliphatic imine (C=N–C) groups is 1. The second kappa shape index (κ2) is 4.04. The van der Waals surface area contributed by atoms with Crippen molar-refractivity contribution < 1.29 is 14.3 Å². The van der Waals surface area contributed by atoms with E-state index >= 15 is 0 Å². The monoisotopic (exact) mass is 269 g/mol. The molecule has 1 aromatic carbocycles. The van der Waals surface area contributed by atoms with E-state index in [-0.39, 0.29) is 13.3 Å². The zero-order chi connectivity index (χ0) is 10.8. The minimum atomic E-state index is 0.211. The minimum Gasteiger partial charge on any atom is -0.454 e. The highest BCUT2D eigenvalue weighted by molar-refractivity contribution is 9.10. The summed E-state index contributed by atoms with van der Waals surface area (Å²) in [5.41, 5.74) is 1.86. The second-order valence-corrected chi connectivity index (χ2v) is 3.96. The van der Waals surface area contributed by atoms with Crippen LogP contribution in [0.25, 0.3) is 0 Å². The largest absolute Gasteiger partial charge is 0.454 e. The Labute approximate surface area is 95.0 Å². The molecule has 1 aliphatic heterocycles. The predicted molar refractivity (Wildman–Crippen MR) is 56.8 cm³/mol. The normalized spacial score (nSPS) is 12.4. The Bertz CT molecular complexity index is 452. The van der Waals surface area contributed by atoms with Gasteiger partial charge in [-0.3, -0.25) is 0 Å². The Morgan fingerprint density at radius 2 is 2.40 bits per heavy atom. The third-order valence-corrected chi connectivity index (χ3v) is 3.11. The van der Waals surface area contributed by atoms with Crippen LogP contribution in [0.15, 0.2) is 15.5 Å². The van der Waals surface area contributed by atoms with Gasteiger partial charge in [-0.1, -0.05) is 15.9 Å². The van der Waals surface area contributed by atoms with Crippen LogP contribution in [-0.4, -0.2) is 12.9 Å². The second-order valence-electron chi connectivity index (χ2n) is 3.10. The van der Waals surface area contributed by atoms with E-state index in [0.717, 1.165) is 15.6 Å². The highest BCUT2D eigenvalue weighted by atomic mass is 79.9. The first-order valence-electron chi connectivity index (χ1n) is 4.35. The number of isocyanates is 1. The van der Waals surface area contributed by atoms with Crippen LogP contribution in [0.4, 0.5) is 0 Å². The number of ether oxygens (including phenoxy) is 2. The first kappa shape index (κ1) is 10.2. The Morgan fingerprint density at radius 3 is 3.13 bits per heavy atom. The van der Waals surface area contributed by atoms with E-state index in [9.17, 15) is 4.79 Å². The molecular formula is C10H8BrNO3. The summed E-state index contributed by atoms with van der Waals surface area (Å²) in [6, 6.07) is 1.85. The highest BCUT2D eigenvalue weighted by Gasteiger charge is 2.21. The van der Waals surface area contributed by atoms with E-state index in [2.05, 4.69) is 20.9 Å². The fraction of sp³-hybridized carbons (Fsp3) is 0.300. The summed E-state index contributed by atoms with van der Waals surface area (Å²) in [5, 5.41) is 0. The lowest BCUT2D eigenvalue weighted by atomic mass is 10.1. The molecule has 0 saturated heterocycles. The zero-order valence-corrected chi connectivity index (χ0v) is 9.63. The van der Waals surface area contributed by atoms with Crippen molar-refractivity contribution in [2.75, 3.05) is 6.79 Å². The number of hydrogen-bond donors (Lipinski definition) is 0. The Kier molecular flexibility index (Phi) is 2.75. The molecule has 0 saturated carbocycles. The summed E-state index contributed by atoms with van der Waals surface area (Å²) in [7, 11) is 0. The Hall–Kier alpha value is -1.32. The standard InChI is InChI=1S/C10H8BrNO3/c1-6-7(3-12-4-13)10-9(2-8(6)11)14-5-15-10/h2H,3,5H2,1H3. The van der Waals surface area contributed by atoms with Gasteiger partial charge in [0.1, 0.15) is 0 Å². The number of nitrogens with zero attached hydrogens (tertiary/aromatic N) is 1. The summed E-state index contributed by atoms with van der Waals surface area (Å²) in [6.07, 6.45) is 1.52. The molecule has 0 atom stereocenters. The van der Waals surface area contributed by atoms with Crippen molar-refractivity contribution >= 4 is 22.0 Å². The van der Waals surface area contributed by atoms with Gasteiger partial charge in [0.05, 0.1) is 6.54 Å². The first-order chi connectivity index (χ1) is 7.24. The van der Waals surface area contributed by atoms with Crippen molar-refractivity contribution in [1.82, 2.24) is 0 Å². The maximum Gasteiger partial charge on any atom is 0.235 e. The summed E-state index contributed by atoms with van der Waals surface area (Å²) >= 11 is 3.42. The van der Waals surface area contributed by atoms with Gasteiger partial charge < -0.3 is 9.47 Å². The van der Waals surface area contributed by atoms with Gasteiger partial charge in [-0.25, -0.2) is 9.79 Å². The maximum atomic E-state index is 10.1. The number of fused-ring (bicyclic) bond motifs is 1. The quantitative estimate of drug-likeness (QED) is 0.612. The molecule has 78 valence electrons. The fourth-order valence-corrected chi connectivity index (χ4v) is 1.92. The van der Waals surface area contributed by atoms with Gasteiger partial charge in [0.15, 0.2) is 11.5 Å². The first-order valence-corrected chi connectivity index (χ1v) is 5.14. The van der Waals surface area contributed by atoms with Gasteiger partial charge in [-0.2, -0.15) is 0 Å². The zero-order valence-electron chi connectivity index (χ0n) is 8.04. The van der Waals surface area contributed by atoms with Gasteiger partial charge in [0, 0.05) is 10.0 Å². The van der Waals surface area contributed by atoms with Crippen LogP contribution in [-0.2, 0) is 11.3 Å². The third-order valence-electron chi connectivity index (χ3n) is 2.29. The van der Waals surface area contributed by atoms with E-state index in [1.165, 1.54) is 6.08 Å². The van der Waals surface area contributed by atoms with Gasteiger partial charge in [0.25, 0.3) is 0 Å². The summed E-state index contributed by atoms with van der Waals surface area (Å²) in [6.45, 7) is 2.41. The summed E-state index contributed by atoms with van der Waals surface area (Å²) in [5.74, 6) is 1.36. The third kappa shape index (κ3) is 1.76. The Balaban J connectivity index is 2.54. The van der Waals surface area contributed by atoms with Crippen molar-refractivity contribution in [3.8, 4) is 11.5 Å². The molecule has 0 aliphatic carbocycles. The number of halogens is 1. The van der Waals surface area contributed by atoms with E-state index < -0.39 is 0 Å². The molecule has 1 aliphatic rings. The van der Waals surface area contributed by atoms with Gasteiger partial charge >= 0.3 is 0 Å². The molecule has 0 spiro atoms. The van der Waals surface area contributed by atoms with Crippen molar-refractivity contribution in [2.24, 2.45) is 4.99 Å². The van der Waals surface area contributed by atoms with E-state index in [4.69, 9.17) is 9.47 Å². The molecule has 0 fully saturated rings. The van der Waals surface area contributed by atoms with Gasteiger partial charge in [0.2, 0.25) is 12.9 Å². The molecule has 0 N–H and O–H groups in total. The predicted octanol–water partition coefficient (Wildman–Crippen LogP) is 2.32. The van der Waals surface area contributed by atoms with Gasteiger partial charge in [-0.05, 0) is 18.6 Å². The summed E-state index contributed by atoms with van der Waals surface area (Å²) in [4.78, 5) is 13.7. The van der Waals surface area contributed by atoms with E-state index in [1.807, 2.05) is 13.0 Å². The molecule has 0 bridgehead atoms. The molecule has 0 aromatic heterocycles. The van der Waals surface area contributed by atoms with Crippen molar-refractivity contribution in [3.05, 3.63) is 21.7 Å². The smallest absolute Gasteiger partial charge is 0.235 e. The average Bonchev–Trinajstić information content (AvgIpc) is 2.66. The Morgan fingerprint density at radius 1 is 1.60 bits per heavy atom. The number of benzene rings is 1.